The lowest BCUT2D eigenvalue weighted by Gasteiger charge is -2.33. The Morgan fingerprint density at radius 3 is 2.72 bits per heavy atom. The molecule has 1 fully saturated rings. The van der Waals surface area contributed by atoms with E-state index in [0.717, 1.165) is 23.3 Å². The third-order valence-corrected chi connectivity index (χ3v) is 4.62. The number of aliphatic hydroxyl groups excluding tert-OH is 1. The Morgan fingerprint density at radius 2 is 2.00 bits per heavy atom. The number of carbonyl (C=O) groups is 1. The van der Waals surface area contributed by atoms with Crippen molar-refractivity contribution in [3.8, 4) is 5.75 Å². The van der Waals surface area contributed by atoms with Crippen molar-refractivity contribution in [1.82, 2.24) is 9.80 Å². The molecule has 1 aliphatic heterocycles. The molecule has 0 atom stereocenters. The zero-order valence-electron chi connectivity index (χ0n) is 13.9. The molecule has 0 bridgehead atoms. The minimum atomic E-state index is -0.0997. The van der Waals surface area contributed by atoms with Crippen LogP contribution >= 0.6 is 15.9 Å². The van der Waals surface area contributed by atoms with E-state index in [4.69, 9.17) is 14.3 Å². The second-order valence-electron chi connectivity index (χ2n) is 5.87. The maximum absolute atomic E-state index is 12.5. The van der Waals surface area contributed by atoms with Crippen LogP contribution in [0.2, 0.25) is 0 Å². The first-order valence-electron chi connectivity index (χ1n) is 8.25. The number of furan rings is 1. The second-order valence-corrected chi connectivity index (χ2v) is 6.79. The Hall–Kier alpha value is -1.83. The van der Waals surface area contributed by atoms with Crippen LogP contribution in [0.3, 0.4) is 0 Å². The average molecular weight is 409 g/mol. The number of piperazine rings is 1. The average Bonchev–Trinajstić information content (AvgIpc) is 3.09. The molecule has 0 aliphatic carbocycles. The highest BCUT2D eigenvalue weighted by Crippen LogP contribution is 2.20. The molecule has 3 rings (SSSR count). The zero-order chi connectivity index (χ0) is 17.6. The summed E-state index contributed by atoms with van der Waals surface area (Å²) in [5, 5.41) is 8.97. The normalized spacial score (nSPS) is 15.4. The molecule has 1 N–H and O–H groups in total. The van der Waals surface area contributed by atoms with Crippen molar-refractivity contribution in [2.75, 3.05) is 39.3 Å². The van der Waals surface area contributed by atoms with Crippen LogP contribution in [-0.2, 0) is 6.61 Å². The SMILES string of the molecule is O=C(c1ccc(COc2cccc(Br)c2)o1)N1CCN(CCO)CC1. The van der Waals surface area contributed by atoms with Gasteiger partial charge >= 0.3 is 0 Å². The minimum Gasteiger partial charge on any atom is -0.486 e. The van der Waals surface area contributed by atoms with Gasteiger partial charge in [0.25, 0.3) is 5.91 Å². The van der Waals surface area contributed by atoms with Crippen LogP contribution in [0.15, 0.2) is 45.3 Å². The van der Waals surface area contributed by atoms with Gasteiger partial charge in [-0.2, -0.15) is 0 Å². The summed E-state index contributed by atoms with van der Waals surface area (Å²) in [6.07, 6.45) is 0. The first-order chi connectivity index (χ1) is 12.2. The van der Waals surface area contributed by atoms with Gasteiger partial charge in [-0.3, -0.25) is 9.69 Å². The summed E-state index contributed by atoms with van der Waals surface area (Å²) < 4.78 is 12.3. The highest BCUT2D eigenvalue weighted by molar-refractivity contribution is 9.10. The molecule has 1 aromatic heterocycles. The van der Waals surface area contributed by atoms with Gasteiger partial charge in [0.15, 0.2) is 5.76 Å². The number of rotatable bonds is 6. The van der Waals surface area contributed by atoms with Crippen molar-refractivity contribution in [1.29, 1.82) is 0 Å². The smallest absolute Gasteiger partial charge is 0.289 e. The third-order valence-electron chi connectivity index (χ3n) is 4.13. The molecule has 134 valence electrons. The van der Waals surface area contributed by atoms with Crippen LogP contribution in [0, 0.1) is 0 Å². The van der Waals surface area contributed by atoms with Crippen molar-refractivity contribution in [3.05, 3.63) is 52.4 Å². The van der Waals surface area contributed by atoms with Gasteiger partial charge in [0.2, 0.25) is 0 Å². The van der Waals surface area contributed by atoms with Crippen molar-refractivity contribution in [2.24, 2.45) is 0 Å². The summed E-state index contributed by atoms with van der Waals surface area (Å²) in [4.78, 5) is 16.4. The van der Waals surface area contributed by atoms with Gasteiger partial charge in [-0.25, -0.2) is 0 Å². The zero-order valence-corrected chi connectivity index (χ0v) is 15.4. The van der Waals surface area contributed by atoms with Crippen LogP contribution in [-0.4, -0.2) is 60.1 Å². The predicted molar refractivity (Wildman–Crippen MR) is 96.6 cm³/mol. The molecule has 1 saturated heterocycles. The summed E-state index contributed by atoms with van der Waals surface area (Å²) >= 11 is 3.40. The van der Waals surface area contributed by atoms with E-state index in [1.807, 2.05) is 24.3 Å². The molecule has 0 radical (unpaired) electrons. The van der Waals surface area contributed by atoms with E-state index in [2.05, 4.69) is 20.8 Å². The maximum Gasteiger partial charge on any atom is 0.289 e. The van der Waals surface area contributed by atoms with Crippen LogP contribution in [0.4, 0.5) is 0 Å². The Kier molecular flexibility index (Phi) is 6.12. The fourth-order valence-electron chi connectivity index (χ4n) is 2.75. The molecular formula is C18H21BrN2O4. The number of nitrogens with zero attached hydrogens (tertiary/aromatic N) is 2. The number of benzene rings is 1. The van der Waals surface area contributed by atoms with Crippen molar-refractivity contribution >= 4 is 21.8 Å². The molecule has 1 amide bonds. The fraction of sp³-hybridized carbons (Fsp3) is 0.389. The van der Waals surface area contributed by atoms with E-state index in [1.54, 1.807) is 17.0 Å². The Morgan fingerprint density at radius 1 is 1.20 bits per heavy atom. The molecule has 25 heavy (non-hydrogen) atoms. The molecule has 2 aromatic rings. The summed E-state index contributed by atoms with van der Waals surface area (Å²) in [6, 6.07) is 11.0. The van der Waals surface area contributed by atoms with Crippen LogP contribution < -0.4 is 4.74 Å². The molecule has 1 aromatic carbocycles. The maximum atomic E-state index is 12.5. The highest BCUT2D eigenvalue weighted by Gasteiger charge is 2.24. The predicted octanol–water partition coefficient (Wildman–Crippen LogP) is 2.37. The summed E-state index contributed by atoms with van der Waals surface area (Å²) in [5.41, 5.74) is 0. The van der Waals surface area contributed by atoms with Gasteiger partial charge < -0.3 is 19.2 Å². The third kappa shape index (κ3) is 4.84. The molecule has 0 spiro atoms. The van der Waals surface area contributed by atoms with Gasteiger partial charge in [0.1, 0.15) is 18.1 Å². The number of hydrogen-bond donors (Lipinski definition) is 1. The number of aliphatic hydroxyl groups is 1. The number of ether oxygens (including phenoxy) is 1. The molecule has 1 aliphatic rings. The van der Waals surface area contributed by atoms with E-state index in [0.29, 0.717) is 31.2 Å². The quantitative estimate of drug-likeness (QED) is 0.794. The number of halogens is 1. The second kappa shape index (κ2) is 8.51. The first-order valence-corrected chi connectivity index (χ1v) is 9.04. The monoisotopic (exact) mass is 408 g/mol. The first kappa shape index (κ1) is 18.0. The van der Waals surface area contributed by atoms with Crippen molar-refractivity contribution < 1.29 is 19.1 Å². The highest BCUT2D eigenvalue weighted by atomic mass is 79.9. The summed E-state index contributed by atoms with van der Waals surface area (Å²) in [7, 11) is 0. The van der Waals surface area contributed by atoms with E-state index in [1.165, 1.54) is 0 Å². The molecule has 0 unspecified atom stereocenters. The van der Waals surface area contributed by atoms with Gasteiger partial charge in [0.05, 0.1) is 6.61 Å². The Bertz CT molecular complexity index is 711. The van der Waals surface area contributed by atoms with Gasteiger partial charge in [-0.15, -0.1) is 0 Å². The van der Waals surface area contributed by atoms with Crippen LogP contribution in [0.1, 0.15) is 16.3 Å². The lowest BCUT2D eigenvalue weighted by Crippen LogP contribution is -2.49. The Balaban J connectivity index is 1.53. The number of carbonyl (C=O) groups excluding carboxylic acids is 1. The van der Waals surface area contributed by atoms with E-state index < -0.39 is 0 Å². The van der Waals surface area contributed by atoms with Gasteiger partial charge in [0, 0.05) is 37.2 Å². The molecule has 0 saturated carbocycles. The van der Waals surface area contributed by atoms with Crippen LogP contribution in [0.5, 0.6) is 5.75 Å². The molecule has 7 heteroatoms. The molecule has 2 heterocycles. The lowest BCUT2D eigenvalue weighted by molar-refractivity contribution is 0.0581. The fourth-order valence-corrected chi connectivity index (χ4v) is 3.13. The van der Waals surface area contributed by atoms with E-state index in [-0.39, 0.29) is 19.1 Å². The molecular weight excluding hydrogens is 388 g/mol. The van der Waals surface area contributed by atoms with E-state index in [9.17, 15) is 4.79 Å². The van der Waals surface area contributed by atoms with Gasteiger partial charge in [-0.05, 0) is 30.3 Å². The minimum absolute atomic E-state index is 0.0997. The van der Waals surface area contributed by atoms with Crippen LogP contribution in [0.25, 0.3) is 0 Å². The van der Waals surface area contributed by atoms with Crippen molar-refractivity contribution in [3.63, 3.8) is 0 Å². The topological polar surface area (TPSA) is 66.2 Å². The summed E-state index contributed by atoms with van der Waals surface area (Å²) in [5.74, 6) is 1.58. The molecule has 6 nitrogen and oxygen atoms in total. The number of amides is 1. The number of β-amino-alcohol motifs (C(OH)–C–C–N with tert-alkyl or cyclic N) is 1. The lowest BCUT2D eigenvalue weighted by atomic mass is 10.3. The number of hydrogen-bond acceptors (Lipinski definition) is 5. The largest absolute Gasteiger partial charge is 0.486 e. The van der Waals surface area contributed by atoms with Crippen molar-refractivity contribution in [2.45, 2.75) is 6.61 Å². The standard InChI is InChI=1S/C18H21BrN2O4/c19-14-2-1-3-15(12-14)24-13-16-4-5-17(25-16)18(23)21-8-6-20(7-9-21)10-11-22/h1-5,12,22H,6-11,13H2. The Labute approximate surface area is 155 Å². The summed E-state index contributed by atoms with van der Waals surface area (Å²) in [6.45, 7) is 3.89. The van der Waals surface area contributed by atoms with E-state index >= 15 is 0 Å². The van der Waals surface area contributed by atoms with Gasteiger partial charge in [-0.1, -0.05) is 22.0 Å².